The first kappa shape index (κ1) is 29.0. The number of likely N-dealkylation sites (tertiary alicyclic amines) is 1. The van der Waals surface area contributed by atoms with E-state index in [0.717, 1.165) is 0 Å². The minimum atomic E-state index is -3.78. The summed E-state index contributed by atoms with van der Waals surface area (Å²) < 4.78 is 40.0. The molecule has 0 aromatic carbocycles. The lowest BCUT2D eigenvalue weighted by molar-refractivity contribution is 0.0139. The minimum Gasteiger partial charge on any atom is -0.444 e. The van der Waals surface area contributed by atoms with Crippen LogP contribution in [0, 0.1) is 0 Å². The van der Waals surface area contributed by atoms with Crippen LogP contribution in [0.15, 0.2) is 36.7 Å². The van der Waals surface area contributed by atoms with Gasteiger partial charge in [-0.3, -0.25) is 15.0 Å². The van der Waals surface area contributed by atoms with Crippen LogP contribution in [0.2, 0.25) is 5.15 Å². The van der Waals surface area contributed by atoms with E-state index < -0.39 is 39.2 Å². The van der Waals surface area contributed by atoms with Crippen LogP contribution >= 0.6 is 11.6 Å². The first-order valence-electron chi connectivity index (χ1n) is 12.2. The van der Waals surface area contributed by atoms with E-state index in [2.05, 4.69) is 30.3 Å². The predicted octanol–water partition coefficient (Wildman–Crippen LogP) is 3.60. The number of nitrogens with one attached hydrogen (secondary N) is 2. The van der Waals surface area contributed by atoms with Crippen LogP contribution < -0.4 is 10.0 Å². The number of carbonyl (C=O) groups is 2. The number of anilines is 2. The average Bonchev–Trinajstić information content (AvgIpc) is 3.17. The number of ether oxygens (including phenoxy) is 2. The van der Waals surface area contributed by atoms with Gasteiger partial charge in [0.25, 0.3) is 0 Å². The number of aryl methyl sites for hydroxylation is 1. The van der Waals surface area contributed by atoms with Crippen molar-refractivity contribution >= 4 is 45.3 Å². The normalized spacial score (nSPS) is 14.7. The van der Waals surface area contributed by atoms with E-state index in [1.807, 2.05) is 0 Å². The molecule has 1 aliphatic heterocycles. The molecule has 1 saturated heterocycles. The van der Waals surface area contributed by atoms with Gasteiger partial charge in [0.15, 0.2) is 11.5 Å². The van der Waals surface area contributed by atoms with Crippen molar-refractivity contribution in [3.05, 3.63) is 47.4 Å². The SMILES string of the molecule is C[C@@H](OC(=O)Nc1c(-c2ccc(NS(=O)(=O)C3CN(C(=O)OC(C)(C)C)C3)cn2)nnn1C)c1cccnc1Cl. The lowest BCUT2D eigenvalue weighted by Gasteiger charge is -2.39. The highest BCUT2D eigenvalue weighted by Gasteiger charge is 2.41. The zero-order valence-electron chi connectivity index (χ0n) is 22.5. The molecule has 1 aliphatic rings. The molecule has 3 aromatic heterocycles. The van der Waals surface area contributed by atoms with Crippen LogP contribution in [0.25, 0.3) is 11.4 Å². The van der Waals surface area contributed by atoms with E-state index >= 15 is 0 Å². The Bertz CT molecular complexity index is 1500. The highest BCUT2D eigenvalue weighted by molar-refractivity contribution is 7.93. The zero-order chi connectivity index (χ0) is 29.2. The largest absolute Gasteiger partial charge is 0.444 e. The quantitative estimate of drug-likeness (QED) is 0.386. The van der Waals surface area contributed by atoms with E-state index in [0.29, 0.717) is 11.3 Å². The van der Waals surface area contributed by atoms with Crippen molar-refractivity contribution < 1.29 is 27.5 Å². The molecule has 40 heavy (non-hydrogen) atoms. The molecule has 0 aliphatic carbocycles. The molecule has 214 valence electrons. The molecule has 3 aromatic rings. The van der Waals surface area contributed by atoms with Crippen molar-refractivity contribution in [2.45, 2.75) is 44.6 Å². The number of hydrogen-bond acceptors (Lipinski definition) is 10. The summed E-state index contributed by atoms with van der Waals surface area (Å²) >= 11 is 6.08. The maximum Gasteiger partial charge on any atom is 0.413 e. The lowest BCUT2D eigenvalue weighted by Crippen LogP contribution is -2.58. The third kappa shape index (κ3) is 6.77. The molecule has 1 fully saturated rings. The topological polar surface area (TPSA) is 171 Å². The highest BCUT2D eigenvalue weighted by Crippen LogP contribution is 2.28. The summed E-state index contributed by atoms with van der Waals surface area (Å²) in [6.45, 7) is 6.92. The predicted molar refractivity (Wildman–Crippen MR) is 146 cm³/mol. The highest BCUT2D eigenvalue weighted by atomic mass is 35.5. The summed E-state index contributed by atoms with van der Waals surface area (Å²) in [5.74, 6) is 0.215. The number of halogens is 1. The molecular formula is C24H29ClN8O6S. The molecule has 0 unspecified atom stereocenters. The third-order valence-corrected chi connectivity index (χ3v) is 7.77. The van der Waals surface area contributed by atoms with Crippen LogP contribution in [0.5, 0.6) is 0 Å². The molecular weight excluding hydrogens is 564 g/mol. The Kier molecular flexibility index (Phi) is 8.16. The van der Waals surface area contributed by atoms with E-state index in [9.17, 15) is 18.0 Å². The van der Waals surface area contributed by atoms with Gasteiger partial charge in [-0.05, 0) is 45.9 Å². The summed E-state index contributed by atoms with van der Waals surface area (Å²) in [5, 5.41) is 10.0. The molecule has 4 rings (SSSR count). The van der Waals surface area contributed by atoms with Gasteiger partial charge in [-0.2, -0.15) is 0 Å². The second-order valence-corrected chi connectivity index (χ2v) is 12.4. The number of sulfonamides is 1. The molecule has 14 nitrogen and oxygen atoms in total. The van der Waals surface area contributed by atoms with Crippen molar-refractivity contribution in [2.75, 3.05) is 23.1 Å². The van der Waals surface area contributed by atoms with Crippen LogP contribution in [0.3, 0.4) is 0 Å². The van der Waals surface area contributed by atoms with Gasteiger partial charge in [-0.15, -0.1) is 5.10 Å². The standard InChI is InChI=1S/C24H29ClN8O6S/c1-14(17-7-6-10-26-20(17)25)38-22(34)28-21-19(29-31-32(21)5)18-9-8-15(11-27-18)30-40(36,37)16-12-33(13-16)23(35)39-24(2,3)4/h6-11,14,16,30H,12-13H2,1-5H3,(H,28,34)/t14-/m1/s1. The van der Waals surface area contributed by atoms with Gasteiger partial charge in [0.1, 0.15) is 22.1 Å². The van der Waals surface area contributed by atoms with Crippen LogP contribution in [-0.4, -0.2) is 74.4 Å². The molecule has 0 bridgehead atoms. The zero-order valence-corrected chi connectivity index (χ0v) is 24.0. The number of nitrogens with zero attached hydrogens (tertiary/aromatic N) is 6. The Hall–Kier alpha value is -3.98. The second-order valence-electron chi connectivity index (χ2n) is 10.1. The first-order valence-corrected chi connectivity index (χ1v) is 14.1. The molecule has 2 N–H and O–H groups in total. The Morgan fingerprint density at radius 2 is 1.90 bits per heavy atom. The van der Waals surface area contributed by atoms with Crippen molar-refractivity contribution in [1.82, 2.24) is 29.9 Å². The summed E-state index contributed by atoms with van der Waals surface area (Å²) in [7, 11) is -2.20. The minimum absolute atomic E-state index is 0.0199. The summed E-state index contributed by atoms with van der Waals surface area (Å²) in [5.41, 5.74) is 0.668. The van der Waals surface area contributed by atoms with Gasteiger partial charge < -0.3 is 14.4 Å². The molecule has 0 saturated carbocycles. The van der Waals surface area contributed by atoms with E-state index in [1.165, 1.54) is 34.1 Å². The fourth-order valence-electron chi connectivity index (χ4n) is 3.67. The second kappa shape index (κ2) is 11.3. The van der Waals surface area contributed by atoms with Gasteiger partial charge in [0, 0.05) is 31.9 Å². The van der Waals surface area contributed by atoms with Gasteiger partial charge in [-0.1, -0.05) is 22.9 Å². The van der Waals surface area contributed by atoms with Gasteiger partial charge >= 0.3 is 12.2 Å². The lowest BCUT2D eigenvalue weighted by atomic mass is 10.2. The third-order valence-electron chi connectivity index (χ3n) is 5.76. The van der Waals surface area contributed by atoms with Crippen LogP contribution in [-0.2, 0) is 26.5 Å². The number of pyridine rings is 2. The van der Waals surface area contributed by atoms with E-state index in [1.54, 1.807) is 46.9 Å². The maximum absolute atomic E-state index is 12.8. The monoisotopic (exact) mass is 592 g/mol. The number of rotatable bonds is 7. The van der Waals surface area contributed by atoms with Crippen molar-refractivity contribution in [2.24, 2.45) is 7.05 Å². The molecule has 1 atom stereocenters. The van der Waals surface area contributed by atoms with Crippen molar-refractivity contribution in [1.29, 1.82) is 0 Å². The molecule has 0 radical (unpaired) electrons. The fourth-order valence-corrected chi connectivity index (χ4v) is 5.31. The van der Waals surface area contributed by atoms with Gasteiger partial charge in [0.05, 0.1) is 17.6 Å². The average molecular weight is 593 g/mol. The molecule has 4 heterocycles. The summed E-state index contributed by atoms with van der Waals surface area (Å²) in [6.07, 6.45) is 0.841. The summed E-state index contributed by atoms with van der Waals surface area (Å²) in [6, 6.07) is 6.42. The number of hydrogen-bond donors (Lipinski definition) is 2. The van der Waals surface area contributed by atoms with Crippen molar-refractivity contribution in [3.63, 3.8) is 0 Å². The number of carbonyl (C=O) groups excluding carboxylic acids is 2. The Labute approximate surface area is 236 Å². The van der Waals surface area contributed by atoms with Gasteiger partial charge in [0.2, 0.25) is 10.0 Å². The smallest absolute Gasteiger partial charge is 0.413 e. The molecule has 0 spiro atoms. The molecule has 16 heteroatoms. The number of aromatic nitrogens is 5. The van der Waals surface area contributed by atoms with Crippen LogP contribution in [0.1, 0.15) is 39.4 Å². The Morgan fingerprint density at radius 3 is 2.52 bits per heavy atom. The number of amides is 2. The first-order chi connectivity index (χ1) is 18.7. The maximum atomic E-state index is 12.8. The van der Waals surface area contributed by atoms with E-state index in [4.69, 9.17) is 21.1 Å². The van der Waals surface area contributed by atoms with Crippen molar-refractivity contribution in [3.8, 4) is 11.4 Å². The Morgan fingerprint density at radius 1 is 1.18 bits per heavy atom. The van der Waals surface area contributed by atoms with Crippen LogP contribution in [0.4, 0.5) is 21.1 Å². The fraction of sp³-hybridized carbons (Fsp3) is 0.417. The molecule has 2 amide bonds. The summed E-state index contributed by atoms with van der Waals surface area (Å²) in [4.78, 5) is 34.3. The van der Waals surface area contributed by atoms with E-state index in [-0.39, 0.29) is 35.4 Å². The van der Waals surface area contributed by atoms with Gasteiger partial charge in [-0.25, -0.2) is 27.7 Å². The Balaban J connectivity index is 1.38.